The van der Waals surface area contributed by atoms with Crippen LogP contribution in [-0.2, 0) is 21.3 Å². The van der Waals surface area contributed by atoms with E-state index in [-0.39, 0.29) is 29.2 Å². The molecule has 11 heteroatoms. The summed E-state index contributed by atoms with van der Waals surface area (Å²) in [6.07, 6.45) is 3.99. The Bertz CT molecular complexity index is 1150. The Labute approximate surface area is 206 Å². The maximum absolute atomic E-state index is 13.0. The molecule has 1 aliphatic carbocycles. The van der Waals surface area contributed by atoms with Crippen molar-refractivity contribution < 1.29 is 17.9 Å². The number of hydrogen-bond acceptors (Lipinski definition) is 8. The first-order chi connectivity index (χ1) is 16.6. The summed E-state index contributed by atoms with van der Waals surface area (Å²) in [5.74, 6) is 0.412. The topological polar surface area (TPSA) is 122 Å². The predicted octanol–water partition coefficient (Wildman–Crippen LogP) is 1.82. The van der Waals surface area contributed by atoms with Crippen molar-refractivity contribution in [1.82, 2.24) is 19.8 Å². The van der Waals surface area contributed by atoms with Crippen molar-refractivity contribution in [2.24, 2.45) is 10.6 Å². The number of carbonyl (C=O) groups is 1. The number of amides is 1. The maximum Gasteiger partial charge on any atom is 0.410 e. The molecule has 0 bridgehead atoms. The normalized spacial score (nSPS) is 24.7. The lowest BCUT2D eigenvalue weighted by molar-refractivity contribution is -0.137. The molecule has 2 atom stereocenters. The molecule has 2 N–H and O–H groups in total. The van der Waals surface area contributed by atoms with Gasteiger partial charge in [0.15, 0.2) is 0 Å². The van der Waals surface area contributed by atoms with E-state index >= 15 is 0 Å². The van der Waals surface area contributed by atoms with Crippen LogP contribution in [0.5, 0.6) is 0 Å². The summed E-state index contributed by atoms with van der Waals surface area (Å²) in [5, 5.41) is 5.12. The third-order valence-electron chi connectivity index (χ3n) is 7.31. The number of ether oxygens (including phenoxy) is 1. The molecule has 1 spiro atoms. The van der Waals surface area contributed by atoms with Crippen LogP contribution in [0.2, 0.25) is 0 Å². The SMILES string of the molecule is C[C@@H]1CN(c2ncc(S(N)(=O)=O)cn2)C[C@H](C)N1C(=O)OC1CC2(C1)CN(Cc1ccccc1)C2. The second kappa shape index (κ2) is 9.03. The summed E-state index contributed by atoms with van der Waals surface area (Å²) in [5.41, 5.74) is 1.63. The van der Waals surface area contributed by atoms with Gasteiger partial charge in [-0.15, -0.1) is 0 Å². The smallest absolute Gasteiger partial charge is 0.410 e. The van der Waals surface area contributed by atoms with Crippen LogP contribution in [-0.4, -0.2) is 78.6 Å². The molecule has 1 aromatic heterocycles. The Morgan fingerprint density at radius 3 is 2.26 bits per heavy atom. The highest BCUT2D eigenvalue weighted by molar-refractivity contribution is 7.89. The third kappa shape index (κ3) is 4.98. The van der Waals surface area contributed by atoms with Crippen molar-refractivity contribution in [3.05, 3.63) is 48.3 Å². The van der Waals surface area contributed by atoms with E-state index in [4.69, 9.17) is 9.88 Å². The number of sulfonamides is 1. The van der Waals surface area contributed by atoms with E-state index in [0.717, 1.165) is 32.5 Å². The zero-order chi connectivity index (χ0) is 24.8. The fraction of sp³-hybridized carbons (Fsp3) is 0.542. The highest BCUT2D eigenvalue weighted by Gasteiger charge is 2.54. The van der Waals surface area contributed by atoms with Gasteiger partial charge in [-0.1, -0.05) is 30.3 Å². The molecule has 2 saturated heterocycles. The monoisotopic (exact) mass is 500 g/mol. The molecule has 1 saturated carbocycles. The minimum Gasteiger partial charge on any atom is -0.446 e. The lowest BCUT2D eigenvalue weighted by atomic mass is 9.61. The number of hydrogen-bond donors (Lipinski definition) is 1. The number of anilines is 1. The number of rotatable bonds is 5. The van der Waals surface area contributed by atoms with Crippen molar-refractivity contribution in [1.29, 1.82) is 0 Å². The van der Waals surface area contributed by atoms with Crippen LogP contribution >= 0.6 is 0 Å². The van der Waals surface area contributed by atoms with Crippen molar-refractivity contribution in [3.8, 4) is 0 Å². The fourth-order valence-electron chi connectivity index (χ4n) is 5.77. The first-order valence-electron chi connectivity index (χ1n) is 12.0. The number of aromatic nitrogens is 2. The van der Waals surface area contributed by atoms with Gasteiger partial charge in [-0.05, 0) is 32.3 Å². The van der Waals surface area contributed by atoms with Gasteiger partial charge in [-0.25, -0.2) is 28.3 Å². The number of primary sulfonamides is 1. The molecule has 0 unspecified atom stereocenters. The molecule has 35 heavy (non-hydrogen) atoms. The number of piperazine rings is 1. The number of benzene rings is 1. The Hall–Kier alpha value is -2.76. The van der Waals surface area contributed by atoms with Crippen LogP contribution in [0.25, 0.3) is 0 Å². The van der Waals surface area contributed by atoms with Crippen LogP contribution in [0.4, 0.5) is 10.7 Å². The third-order valence-corrected chi connectivity index (χ3v) is 8.18. The summed E-state index contributed by atoms with van der Waals surface area (Å²) >= 11 is 0. The second-order valence-corrected chi connectivity index (χ2v) is 11.9. The van der Waals surface area contributed by atoms with Gasteiger partial charge < -0.3 is 9.64 Å². The molecule has 188 valence electrons. The van der Waals surface area contributed by atoms with Gasteiger partial charge in [-0.3, -0.25) is 9.80 Å². The number of carbonyl (C=O) groups excluding carboxylic acids is 1. The molecule has 3 fully saturated rings. The van der Waals surface area contributed by atoms with Gasteiger partial charge in [0.05, 0.1) is 24.5 Å². The summed E-state index contributed by atoms with van der Waals surface area (Å²) in [6.45, 7) is 8.09. The van der Waals surface area contributed by atoms with Crippen molar-refractivity contribution in [2.45, 2.75) is 56.3 Å². The summed E-state index contributed by atoms with van der Waals surface area (Å²) in [4.78, 5) is 27.4. The molecular weight excluding hydrogens is 468 g/mol. The lowest BCUT2D eigenvalue weighted by Crippen LogP contribution is -2.65. The minimum atomic E-state index is -3.84. The highest BCUT2D eigenvalue weighted by atomic mass is 32.2. The van der Waals surface area contributed by atoms with E-state index in [1.807, 2.05) is 24.8 Å². The molecular formula is C24H32N6O4S. The number of likely N-dealkylation sites (tertiary alicyclic amines) is 1. The van der Waals surface area contributed by atoms with Crippen LogP contribution in [0.15, 0.2) is 47.6 Å². The number of nitrogens with zero attached hydrogens (tertiary/aromatic N) is 5. The van der Waals surface area contributed by atoms with E-state index in [9.17, 15) is 13.2 Å². The standard InChI is InChI=1S/C24H32N6O4S/c1-17-12-29(22-26-10-21(11-27-22)35(25,32)33)13-18(2)30(17)23(31)34-20-8-24(9-20)15-28(16-24)14-19-6-4-3-5-7-19/h3-7,10-11,17-18,20H,8-9,12-16H2,1-2H3,(H2,25,32,33)/t17-,18+. The minimum absolute atomic E-state index is 0.0205. The molecule has 5 rings (SSSR count). The summed E-state index contributed by atoms with van der Waals surface area (Å²) in [6, 6.07) is 10.3. The zero-order valence-electron chi connectivity index (χ0n) is 20.1. The predicted molar refractivity (Wildman–Crippen MR) is 130 cm³/mol. The molecule has 10 nitrogen and oxygen atoms in total. The Balaban J connectivity index is 1.10. The maximum atomic E-state index is 13.0. The van der Waals surface area contributed by atoms with Crippen molar-refractivity contribution >= 4 is 22.1 Å². The summed E-state index contributed by atoms with van der Waals surface area (Å²) < 4.78 is 28.8. The van der Waals surface area contributed by atoms with E-state index in [0.29, 0.717) is 24.5 Å². The first-order valence-corrected chi connectivity index (χ1v) is 13.5. The van der Waals surface area contributed by atoms with Crippen LogP contribution in [0.1, 0.15) is 32.3 Å². The van der Waals surface area contributed by atoms with Gasteiger partial charge in [0.1, 0.15) is 11.0 Å². The van der Waals surface area contributed by atoms with E-state index in [1.165, 1.54) is 18.0 Å². The van der Waals surface area contributed by atoms with Gasteiger partial charge in [0.25, 0.3) is 0 Å². The van der Waals surface area contributed by atoms with E-state index in [1.54, 1.807) is 4.90 Å². The van der Waals surface area contributed by atoms with E-state index < -0.39 is 10.0 Å². The van der Waals surface area contributed by atoms with Gasteiger partial charge in [-0.2, -0.15) is 0 Å². The zero-order valence-corrected chi connectivity index (χ0v) is 20.9. The van der Waals surface area contributed by atoms with Crippen molar-refractivity contribution in [3.63, 3.8) is 0 Å². The van der Waals surface area contributed by atoms with Gasteiger partial charge in [0, 0.05) is 38.1 Å². The second-order valence-electron chi connectivity index (χ2n) is 10.3. The Kier molecular flexibility index (Phi) is 6.18. The first kappa shape index (κ1) is 24.0. The van der Waals surface area contributed by atoms with E-state index in [2.05, 4.69) is 39.1 Å². The fourth-order valence-corrected chi connectivity index (χ4v) is 6.17. The van der Waals surface area contributed by atoms with Gasteiger partial charge >= 0.3 is 6.09 Å². The molecule has 1 amide bonds. The average Bonchev–Trinajstić information content (AvgIpc) is 2.76. The molecule has 3 heterocycles. The van der Waals surface area contributed by atoms with Crippen LogP contribution in [0.3, 0.4) is 0 Å². The molecule has 0 radical (unpaired) electrons. The quantitative estimate of drug-likeness (QED) is 0.660. The van der Waals surface area contributed by atoms with Crippen molar-refractivity contribution in [2.75, 3.05) is 31.1 Å². The molecule has 1 aromatic carbocycles. The Morgan fingerprint density at radius 2 is 1.69 bits per heavy atom. The van der Waals surface area contributed by atoms with Gasteiger partial charge in [0.2, 0.25) is 16.0 Å². The Morgan fingerprint density at radius 1 is 1.09 bits per heavy atom. The lowest BCUT2D eigenvalue weighted by Gasteiger charge is -2.58. The largest absolute Gasteiger partial charge is 0.446 e. The van der Waals surface area contributed by atoms with Crippen LogP contribution in [0, 0.1) is 5.41 Å². The average molecular weight is 501 g/mol. The molecule has 2 aliphatic heterocycles. The van der Waals surface area contributed by atoms with Crippen LogP contribution < -0.4 is 10.0 Å². The highest BCUT2D eigenvalue weighted by Crippen LogP contribution is 2.50. The molecule has 2 aromatic rings. The summed E-state index contributed by atoms with van der Waals surface area (Å²) in [7, 11) is -3.84. The number of nitrogens with two attached hydrogens (primary N) is 1. The molecule has 3 aliphatic rings.